The zero-order valence-corrected chi connectivity index (χ0v) is 9.70. The zero-order valence-electron chi connectivity index (χ0n) is 9.70. The predicted molar refractivity (Wildman–Crippen MR) is 58.9 cm³/mol. The van der Waals surface area contributed by atoms with E-state index in [2.05, 4.69) is 5.32 Å². The highest BCUT2D eigenvalue weighted by atomic mass is 16.5. The number of hydrogen-bond acceptors (Lipinski definition) is 4. The fourth-order valence-electron chi connectivity index (χ4n) is 2.76. The van der Waals surface area contributed by atoms with Crippen LogP contribution in [0.1, 0.15) is 39.0 Å². The summed E-state index contributed by atoms with van der Waals surface area (Å²) in [6.45, 7) is 2.20. The Morgan fingerprint density at radius 1 is 1.50 bits per heavy atom. The number of carbonyl (C=O) groups excluding carboxylic acids is 2. The monoisotopic (exact) mass is 225 g/mol. The SMILES string of the molecule is CCOC(=O)[C@@H]1C[C@@H]2C(=O)CCCC[C@@H]2N1. The largest absolute Gasteiger partial charge is 0.465 e. The van der Waals surface area contributed by atoms with Crippen LogP contribution in [0.5, 0.6) is 0 Å². The molecule has 1 aliphatic heterocycles. The number of fused-ring (bicyclic) bond motifs is 1. The molecule has 1 saturated heterocycles. The van der Waals surface area contributed by atoms with Crippen LogP contribution >= 0.6 is 0 Å². The van der Waals surface area contributed by atoms with Crippen LogP contribution in [-0.4, -0.2) is 30.4 Å². The first-order valence-corrected chi connectivity index (χ1v) is 6.17. The van der Waals surface area contributed by atoms with Crippen LogP contribution < -0.4 is 5.32 Å². The molecule has 4 nitrogen and oxygen atoms in total. The summed E-state index contributed by atoms with van der Waals surface area (Å²) in [6.07, 6.45) is 4.39. The molecular weight excluding hydrogens is 206 g/mol. The predicted octanol–water partition coefficient (Wildman–Crippen LogP) is 1.04. The molecule has 4 heteroatoms. The molecule has 1 heterocycles. The van der Waals surface area contributed by atoms with Gasteiger partial charge in [-0.3, -0.25) is 9.59 Å². The van der Waals surface area contributed by atoms with Crippen LogP contribution in [0.3, 0.4) is 0 Å². The second kappa shape index (κ2) is 4.95. The molecule has 2 aliphatic rings. The fraction of sp³-hybridized carbons (Fsp3) is 0.833. The van der Waals surface area contributed by atoms with Crippen LogP contribution in [0.2, 0.25) is 0 Å². The molecule has 0 spiro atoms. The van der Waals surface area contributed by atoms with Gasteiger partial charge in [0, 0.05) is 18.4 Å². The first-order valence-electron chi connectivity index (χ1n) is 6.17. The van der Waals surface area contributed by atoms with Gasteiger partial charge in [-0.2, -0.15) is 0 Å². The van der Waals surface area contributed by atoms with Gasteiger partial charge in [0.2, 0.25) is 0 Å². The first kappa shape index (κ1) is 11.6. The lowest BCUT2D eigenvalue weighted by Crippen LogP contribution is -2.37. The average Bonchev–Trinajstić information content (AvgIpc) is 2.62. The molecule has 2 rings (SSSR count). The van der Waals surface area contributed by atoms with Gasteiger partial charge in [0.1, 0.15) is 11.8 Å². The minimum atomic E-state index is -0.267. The Morgan fingerprint density at radius 3 is 3.06 bits per heavy atom. The lowest BCUT2D eigenvalue weighted by Gasteiger charge is -2.14. The molecule has 90 valence electrons. The number of rotatable bonds is 2. The summed E-state index contributed by atoms with van der Waals surface area (Å²) in [5, 5.41) is 3.25. The van der Waals surface area contributed by atoms with Gasteiger partial charge < -0.3 is 10.1 Å². The van der Waals surface area contributed by atoms with Crippen molar-refractivity contribution in [2.24, 2.45) is 5.92 Å². The van der Waals surface area contributed by atoms with Crippen LogP contribution in [0.25, 0.3) is 0 Å². The van der Waals surface area contributed by atoms with Gasteiger partial charge in [0.05, 0.1) is 6.61 Å². The van der Waals surface area contributed by atoms with Gasteiger partial charge in [-0.05, 0) is 26.2 Å². The minimum absolute atomic E-state index is 0.0388. The summed E-state index contributed by atoms with van der Waals surface area (Å²) in [6, 6.07) is -0.0681. The van der Waals surface area contributed by atoms with E-state index in [9.17, 15) is 9.59 Å². The molecular formula is C12H19NO3. The van der Waals surface area contributed by atoms with E-state index in [-0.39, 0.29) is 24.0 Å². The van der Waals surface area contributed by atoms with E-state index in [0.717, 1.165) is 19.3 Å². The summed E-state index contributed by atoms with van der Waals surface area (Å²) in [5.41, 5.74) is 0. The molecule has 0 aromatic rings. The van der Waals surface area contributed by atoms with Gasteiger partial charge >= 0.3 is 5.97 Å². The maximum Gasteiger partial charge on any atom is 0.323 e. The Morgan fingerprint density at radius 2 is 2.31 bits per heavy atom. The highest BCUT2D eigenvalue weighted by Gasteiger charge is 2.41. The Kier molecular flexibility index (Phi) is 3.59. The third-order valence-electron chi connectivity index (χ3n) is 3.56. The summed E-state index contributed by atoms with van der Waals surface area (Å²) < 4.78 is 4.99. The molecule has 0 aromatic carbocycles. The summed E-state index contributed by atoms with van der Waals surface area (Å²) in [5.74, 6) is 0.155. The fourth-order valence-corrected chi connectivity index (χ4v) is 2.76. The van der Waals surface area contributed by atoms with Gasteiger partial charge in [-0.1, -0.05) is 6.42 Å². The molecule has 0 unspecified atom stereocenters. The van der Waals surface area contributed by atoms with E-state index in [1.165, 1.54) is 0 Å². The Bertz CT molecular complexity index is 290. The van der Waals surface area contributed by atoms with Crippen LogP contribution in [0, 0.1) is 5.92 Å². The molecule has 1 aliphatic carbocycles. The van der Waals surface area contributed by atoms with Crippen LogP contribution in [0.4, 0.5) is 0 Å². The number of ether oxygens (including phenoxy) is 1. The molecule has 0 radical (unpaired) electrons. The maximum absolute atomic E-state index is 11.8. The van der Waals surface area contributed by atoms with Crippen molar-refractivity contribution in [3.8, 4) is 0 Å². The van der Waals surface area contributed by atoms with Crippen molar-refractivity contribution in [1.82, 2.24) is 5.32 Å². The highest BCUT2D eigenvalue weighted by molar-refractivity contribution is 5.85. The number of esters is 1. The zero-order chi connectivity index (χ0) is 11.5. The minimum Gasteiger partial charge on any atom is -0.465 e. The van der Waals surface area contributed by atoms with Gasteiger partial charge in [0.25, 0.3) is 0 Å². The van der Waals surface area contributed by atoms with Crippen molar-refractivity contribution in [1.29, 1.82) is 0 Å². The summed E-state index contributed by atoms with van der Waals surface area (Å²) in [7, 11) is 0. The Hall–Kier alpha value is -0.900. The van der Waals surface area contributed by atoms with Crippen molar-refractivity contribution in [3.05, 3.63) is 0 Å². The summed E-state index contributed by atoms with van der Waals surface area (Å²) in [4.78, 5) is 23.4. The summed E-state index contributed by atoms with van der Waals surface area (Å²) >= 11 is 0. The third-order valence-corrected chi connectivity index (χ3v) is 3.56. The number of Topliss-reactive ketones (excluding diaryl/α,β-unsaturated/α-hetero) is 1. The number of hydrogen-bond donors (Lipinski definition) is 1. The Balaban J connectivity index is 1.99. The van der Waals surface area contributed by atoms with Crippen molar-refractivity contribution < 1.29 is 14.3 Å². The molecule has 16 heavy (non-hydrogen) atoms. The first-order chi connectivity index (χ1) is 7.72. The second-order valence-electron chi connectivity index (χ2n) is 4.63. The van der Waals surface area contributed by atoms with E-state index in [1.807, 2.05) is 0 Å². The molecule has 0 aromatic heterocycles. The third kappa shape index (κ3) is 2.26. The van der Waals surface area contributed by atoms with Crippen molar-refractivity contribution in [3.63, 3.8) is 0 Å². The average molecular weight is 225 g/mol. The van der Waals surface area contributed by atoms with E-state index in [1.54, 1.807) is 6.92 Å². The van der Waals surface area contributed by atoms with Crippen LogP contribution in [-0.2, 0) is 14.3 Å². The van der Waals surface area contributed by atoms with E-state index in [0.29, 0.717) is 25.2 Å². The van der Waals surface area contributed by atoms with E-state index in [4.69, 9.17) is 4.74 Å². The Labute approximate surface area is 95.7 Å². The maximum atomic E-state index is 11.8. The molecule has 0 bridgehead atoms. The molecule has 2 fully saturated rings. The second-order valence-corrected chi connectivity index (χ2v) is 4.63. The molecule has 1 saturated carbocycles. The van der Waals surface area contributed by atoms with Crippen LogP contribution in [0.15, 0.2) is 0 Å². The van der Waals surface area contributed by atoms with Gasteiger partial charge in [-0.15, -0.1) is 0 Å². The number of nitrogens with one attached hydrogen (secondary N) is 1. The molecule has 1 N–H and O–H groups in total. The number of ketones is 1. The van der Waals surface area contributed by atoms with Gasteiger partial charge in [-0.25, -0.2) is 0 Å². The molecule has 0 amide bonds. The smallest absolute Gasteiger partial charge is 0.323 e. The number of carbonyl (C=O) groups is 2. The van der Waals surface area contributed by atoms with Gasteiger partial charge in [0.15, 0.2) is 0 Å². The quantitative estimate of drug-likeness (QED) is 0.713. The van der Waals surface area contributed by atoms with E-state index >= 15 is 0 Å². The normalized spacial score (nSPS) is 34.3. The van der Waals surface area contributed by atoms with Crippen molar-refractivity contribution in [2.45, 2.75) is 51.1 Å². The highest BCUT2D eigenvalue weighted by Crippen LogP contribution is 2.30. The van der Waals surface area contributed by atoms with Crippen molar-refractivity contribution >= 4 is 11.8 Å². The van der Waals surface area contributed by atoms with E-state index < -0.39 is 0 Å². The lowest BCUT2D eigenvalue weighted by atomic mass is 9.93. The molecule has 3 atom stereocenters. The van der Waals surface area contributed by atoms with Crippen molar-refractivity contribution in [2.75, 3.05) is 6.61 Å². The lowest BCUT2D eigenvalue weighted by molar-refractivity contribution is -0.145. The topological polar surface area (TPSA) is 55.4 Å². The standard InChI is InChI=1S/C12H19NO3/c1-2-16-12(15)10-7-8-9(13-10)5-3-4-6-11(8)14/h8-10,13H,2-7H2,1H3/t8-,9-,10-/m0/s1.